The number of nitrogen functional groups attached to an aromatic ring is 2. The van der Waals surface area contributed by atoms with Gasteiger partial charge in [-0.1, -0.05) is 24.3 Å². The third kappa shape index (κ3) is 3.12. The molecule has 0 amide bonds. The van der Waals surface area contributed by atoms with Gasteiger partial charge in [0.15, 0.2) is 17.2 Å². The molecule has 0 heterocycles. The number of hydrogen-bond donors (Lipinski definition) is 2. The smallest absolute Gasteiger partial charge is 0.170 e. The van der Waals surface area contributed by atoms with Crippen LogP contribution in [0.4, 0.5) is 11.4 Å². The first kappa shape index (κ1) is 13.8. The Morgan fingerprint density at radius 1 is 0.545 bits per heavy atom. The average molecular weight is 292 g/mol. The third-order valence-electron chi connectivity index (χ3n) is 3.10. The molecular formula is C18H16N2O2. The van der Waals surface area contributed by atoms with Crippen LogP contribution in [0.5, 0.6) is 23.0 Å². The summed E-state index contributed by atoms with van der Waals surface area (Å²) in [7, 11) is 0. The molecule has 22 heavy (non-hydrogen) atoms. The molecule has 0 radical (unpaired) electrons. The fourth-order valence-electron chi connectivity index (χ4n) is 1.97. The molecular weight excluding hydrogens is 276 g/mol. The maximum absolute atomic E-state index is 5.91. The van der Waals surface area contributed by atoms with Gasteiger partial charge in [-0.2, -0.15) is 0 Å². The van der Waals surface area contributed by atoms with Gasteiger partial charge in [-0.3, -0.25) is 0 Å². The highest BCUT2D eigenvalue weighted by Gasteiger charge is 2.08. The van der Waals surface area contributed by atoms with E-state index in [0.29, 0.717) is 34.4 Å². The van der Waals surface area contributed by atoms with Crippen LogP contribution in [0.3, 0.4) is 0 Å². The lowest BCUT2D eigenvalue weighted by atomic mass is 10.3. The maximum atomic E-state index is 5.91. The minimum absolute atomic E-state index is 0.574. The molecule has 3 aromatic rings. The van der Waals surface area contributed by atoms with Crippen molar-refractivity contribution in [3.8, 4) is 23.0 Å². The van der Waals surface area contributed by atoms with Crippen molar-refractivity contribution in [3.63, 3.8) is 0 Å². The Hall–Kier alpha value is -3.14. The van der Waals surface area contributed by atoms with E-state index >= 15 is 0 Å². The molecule has 4 nitrogen and oxygen atoms in total. The number of nitrogens with two attached hydrogens (primary N) is 2. The van der Waals surface area contributed by atoms with Crippen LogP contribution in [-0.4, -0.2) is 0 Å². The van der Waals surface area contributed by atoms with Crippen LogP contribution in [-0.2, 0) is 0 Å². The highest BCUT2D eigenvalue weighted by Crippen LogP contribution is 2.36. The Morgan fingerprint density at radius 2 is 1.09 bits per heavy atom. The summed E-state index contributed by atoms with van der Waals surface area (Å²) < 4.78 is 11.7. The van der Waals surface area contributed by atoms with Crippen LogP contribution < -0.4 is 20.9 Å². The van der Waals surface area contributed by atoms with Crippen molar-refractivity contribution in [2.45, 2.75) is 0 Å². The molecule has 0 saturated heterocycles. The van der Waals surface area contributed by atoms with Gasteiger partial charge in [0.05, 0.1) is 5.69 Å². The van der Waals surface area contributed by atoms with Gasteiger partial charge >= 0.3 is 0 Å². The van der Waals surface area contributed by atoms with Crippen LogP contribution >= 0.6 is 0 Å². The molecule has 3 aromatic carbocycles. The quantitative estimate of drug-likeness (QED) is 0.698. The van der Waals surface area contributed by atoms with Crippen molar-refractivity contribution >= 4 is 11.4 Å². The normalized spacial score (nSPS) is 10.2. The molecule has 0 unspecified atom stereocenters. The van der Waals surface area contributed by atoms with E-state index in [0.717, 1.165) is 0 Å². The summed E-state index contributed by atoms with van der Waals surface area (Å²) in [5, 5.41) is 0. The third-order valence-corrected chi connectivity index (χ3v) is 3.10. The van der Waals surface area contributed by atoms with E-state index in [2.05, 4.69) is 0 Å². The Bertz CT molecular complexity index is 770. The van der Waals surface area contributed by atoms with Crippen LogP contribution in [0.2, 0.25) is 0 Å². The molecule has 0 bridgehead atoms. The number of hydrogen-bond acceptors (Lipinski definition) is 4. The van der Waals surface area contributed by atoms with Gasteiger partial charge in [-0.25, -0.2) is 0 Å². The molecule has 4 heteroatoms. The molecule has 0 fully saturated rings. The minimum Gasteiger partial charge on any atom is -0.453 e. The van der Waals surface area contributed by atoms with Gasteiger partial charge in [0, 0.05) is 5.69 Å². The Kier molecular flexibility index (Phi) is 3.83. The largest absolute Gasteiger partial charge is 0.453 e. The first-order valence-electron chi connectivity index (χ1n) is 6.87. The maximum Gasteiger partial charge on any atom is 0.170 e. The summed E-state index contributed by atoms with van der Waals surface area (Å²) in [6.07, 6.45) is 0. The van der Waals surface area contributed by atoms with Crippen molar-refractivity contribution in [2.24, 2.45) is 0 Å². The van der Waals surface area contributed by atoms with Crippen LogP contribution in [0, 0.1) is 0 Å². The molecule has 0 aromatic heterocycles. The Morgan fingerprint density at radius 3 is 1.73 bits per heavy atom. The minimum atomic E-state index is 0.574. The molecule has 0 aliphatic rings. The van der Waals surface area contributed by atoms with Crippen molar-refractivity contribution in [1.82, 2.24) is 0 Å². The number of anilines is 2. The summed E-state index contributed by atoms with van der Waals surface area (Å²) in [4.78, 5) is 0. The van der Waals surface area contributed by atoms with Crippen molar-refractivity contribution < 1.29 is 9.47 Å². The Labute approximate surface area is 128 Å². The number of rotatable bonds is 4. The van der Waals surface area contributed by atoms with E-state index in [-0.39, 0.29) is 0 Å². The molecule has 110 valence electrons. The fraction of sp³-hybridized carbons (Fsp3) is 0. The van der Waals surface area contributed by atoms with Crippen molar-refractivity contribution in [2.75, 3.05) is 11.5 Å². The van der Waals surface area contributed by atoms with Crippen LogP contribution in [0.15, 0.2) is 72.8 Å². The first-order chi connectivity index (χ1) is 10.7. The zero-order valence-corrected chi connectivity index (χ0v) is 11.9. The standard InChI is InChI=1S/C18H16N2O2/c19-13-9-11-14(12-10-13)21-17-7-3-4-8-18(17)22-16-6-2-1-5-15(16)20/h1-12H,19-20H2. The van der Waals surface area contributed by atoms with E-state index in [1.165, 1.54) is 0 Å². The second kappa shape index (κ2) is 6.10. The van der Waals surface area contributed by atoms with Crippen LogP contribution in [0.1, 0.15) is 0 Å². The lowest BCUT2D eigenvalue weighted by Gasteiger charge is -2.13. The topological polar surface area (TPSA) is 70.5 Å². The van der Waals surface area contributed by atoms with Gasteiger partial charge in [0.25, 0.3) is 0 Å². The summed E-state index contributed by atoms with van der Waals surface area (Å²) in [5.41, 5.74) is 12.8. The zero-order chi connectivity index (χ0) is 15.4. The van der Waals surface area contributed by atoms with Crippen LogP contribution in [0.25, 0.3) is 0 Å². The van der Waals surface area contributed by atoms with Gasteiger partial charge in [0.2, 0.25) is 0 Å². The molecule has 4 N–H and O–H groups in total. The van der Waals surface area contributed by atoms with Gasteiger partial charge < -0.3 is 20.9 Å². The predicted octanol–water partition coefficient (Wildman–Crippen LogP) is 4.44. The van der Waals surface area contributed by atoms with Crippen molar-refractivity contribution in [3.05, 3.63) is 72.8 Å². The first-order valence-corrected chi connectivity index (χ1v) is 6.87. The second-order valence-electron chi connectivity index (χ2n) is 4.76. The molecule has 0 aliphatic heterocycles. The highest BCUT2D eigenvalue weighted by molar-refractivity contribution is 5.55. The SMILES string of the molecule is Nc1ccc(Oc2ccccc2Oc2ccccc2N)cc1. The summed E-state index contributed by atoms with van der Waals surface area (Å²) >= 11 is 0. The molecule has 0 spiro atoms. The summed E-state index contributed by atoms with van der Waals surface area (Å²) in [6, 6.07) is 22.0. The van der Waals surface area contributed by atoms with Gasteiger partial charge in [0.1, 0.15) is 5.75 Å². The predicted molar refractivity (Wildman–Crippen MR) is 88.3 cm³/mol. The fourth-order valence-corrected chi connectivity index (χ4v) is 1.97. The zero-order valence-electron chi connectivity index (χ0n) is 11.9. The molecule has 0 atom stereocenters. The highest BCUT2D eigenvalue weighted by atomic mass is 16.5. The Balaban J connectivity index is 1.87. The number of benzene rings is 3. The van der Waals surface area contributed by atoms with Gasteiger partial charge in [-0.05, 0) is 48.5 Å². The van der Waals surface area contributed by atoms with E-state index < -0.39 is 0 Å². The average Bonchev–Trinajstić information content (AvgIpc) is 2.53. The monoisotopic (exact) mass is 292 g/mol. The molecule has 0 saturated carbocycles. The number of ether oxygens (including phenoxy) is 2. The van der Waals surface area contributed by atoms with Gasteiger partial charge in [-0.15, -0.1) is 0 Å². The van der Waals surface area contributed by atoms with E-state index in [1.807, 2.05) is 54.6 Å². The lowest BCUT2D eigenvalue weighted by molar-refractivity contribution is 0.420. The lowest BCUT2D eigenvalue weighted by Crippen LogP contribution is -1.94. The van der Waals surface area contributed by atoms with E-state index in [4.69, 9.17) is 20.9 Å². The second-order valence-corrected chi connectivity index (χ2v) is 4.76. The molecule has 3 rings (SSSR count). The molecule has 0 aliphatic carbocycles. The summed E-state index contributed by atoms with van der Waals surface area (Å²) in [5.74, 6) is 2.48. The number of para-hydroxylation sites is 4. The van der Waals surface area contributed by atoms with Crippen molar-refractivity contribution in [1.29, 1.82) is 0 Å². The van der Waals surface area contributed by atoms with E-state index in [9.17, 15) is 0 Å². The summed E-state index contributed by atoms with van der Waals surface area (Å²) in [6.45, 7) is 0. The van der Waals surface area contributed by atoms with E-state index in [1.54, 1.807) is 18.2 Å².